The van der Waals surface area contributed by atoms with Crippen molar-refractivity contribution in [3.05, 3.63) is 60.4 Å². The van der Waals surface area contributed by atoms with Crippen molar-refractivity contribution in [3.8, 4) is 0 Å². The van der Waals surface area contributed by atoms with Crippen molar-refractivity contribution in [2.24, 2.45) is 5.73 Å². The van der Waals surface area contributed by atoms with Gasteiger partial charge >= 0.3 is 0 Å². The lowest BCUT2D eigenvalue weighted by molar-refractivity contribution is 0.0928. The van der Waals surface area contributed by atoms with Gasteiger partial charge in [-0.25, -0.2) is 9.67 Å². The van der Waals surface area contributed by atoms with E-state index in [0.717, 1.165) is 31.2 Å². The molecule has 1 aromatic carbocycles. The molecule has 0 spiro atoms. The van der Waals surface area contributed by atoms with Crippen LogP contribution < -0.4 is 11.1 Å². The highest BCUT2D eigenvalue weighted by molar-refractivity contribution is 5.92. The predicted molar refractivity (Wildman–Crippen MR) is 107 cm³/mol. The van der Waals surface area contributed by atoms with E-state index >= 15 is 0 Å². The van der Waals surface area contributed by atoms with Crippen LogP contribution in [0.25, 0.3) is 0 Å². The van der Waals surface area contributed by atoms with E-state index in [-0.39, 0.29) is 24.0 Å². The average molecular weight is 394 g/mol. The van der Waals surface area contributed by atoms with E-state index in [0.29, 0.717) is 18.7 Å². The van der Waals surface area contributed by atoms with Crippen molar-refractivity contribution in [3.63, 3.8) is 0 Å². The van der Waals surface area contributed by atoms with Crippen molar-refractivity contribution in [1.82, 2.24) is 35.1 Å². The molecule has 1 aliphatic rings. The number of amides is 1. The van der Waals surface area contributed by atoms with Gasteiger partial charge in [0.25, 0.3) is 5.91 Å². The lowest BCUT2D eigenvalue weighted by Gasteiger charge is -2.25. The largest absolute Gasteiger partial charge is 0.344 e. The molecule has 4 rings (SSSR count). The Morgan fingerprint density at radius 2 is 2.00 bits per heavy atom. The Bertz CT molecular complexity index is 900. The first-order valence-electron chi connectivity index (χ1n) is 10.0. The zero-order valence-corrected chi connectivity index (χ0v) is 16.3. The quantitative estimate of drug-likeness (QED) is 0.632. The van der Waals surface area contributed by atoms with Crippen molar-refractivity contribution in [1.29, 1.82) is 0 Å². The first-order valence-corrected chi connectivity index (χ1v) is 10.0. The molecule has 1 atom stereocenters. The molecule has 1 saturated carbocycles. The average Bonchev–Trinajstić information content (AvgIpc) is 3.44. The lowest BCUT2D eigenvalue weighted by atomic mass is 9.92. The monoisotopic (exact) mass is 394 g/mol. The number of hydrogen-bond acceptors (Lipinski definition) is 6. The Morgan fingerprint density at radius 1 is 1.21 bits per heavy atom. The van der Waals surface area contributed by atoms with E-state index in [2.05, 4.69) is 25.7 Å². The Kier molecular flexibility index (Phi) is 5.95. The van der Waals surface area contributed by atoms with E-state index in [1.54, 1.807) is 17.2 Å². The van der Waals surface area contributed by atoms with Gasteiger partial charge in [-0.3, -0.25) is 9.48 Å². The van der Waals surface area contributed by atoms with Gasteiger partial charge in [-0.2, -0.15) is 5.10 Å². The molecule has 152 valence electrons. The minimum Gasteiger partial charge on any atom is -0.344 e. The van der Waals surface area contributed by atoms with Crippen molar-refractivity contribution < 1.29 is 4.79 Å². The fraction of sp³-hybridized carbons (Fsp3) is 0.450. The molecule has 3 aromatic rings. The zero-order valence-electron chi connectivity index (χ0n) is 16.3. The second-order valence-electron chi connectivity index (χ2n) is 7.54. The van der Waals surface area contributed by atoms with Crippen LogP contribution in [0.15, 0.2) is 49.2 Å². The molecule has 29 heavy (non-hydrogen) atoms. The van der Waals surface area contributed by atoms with Gasteiger partial charge in [0, 0.05) is 12.6 Å². The van der Waals surface area contributed by atoms with Crippen LogP contribution in [0, 0.1) is 0 Å². The molecule has 2 aromatic heterocycles. The summed E-state index contributed by atoms with van der Waals surface area (Å²) in [4.78, 5) is 16.8. The second-order valence-corrected chi connectivity index (χ2v) is 7.54. The van der Waals surface area contributed by atoms with Crippen molar-refractivity contribution >= 4 is 5.91 Å². The predicted octanol–water partition coefficient (Wildman–Crippen LogP) is 1.87. The maximum Gasteiger partial charge on any atom is 0.273 e. The number of benzene rings is 1. The molecule has 9 nitrogen and oxygen atoms in total. The summed E-state index contributed by atoms with van der Waals surface area (Å²) in [5.74, 6) is -0.226. The smallest absolute Gasteiger partial charge is 0.273 e. The lowest BCUT2D eigenvalue weighted by Crippen LogP contribution is -2.30. The van der Waals surface area contributed by atoms with E-state index in [4.69, 9.17) is 5.73 Å². The summed E-state index contributed by atoms with van der Waals surface area (Å²) >= 11 is 0. The Hall–Kier alpha value is -3.07. The second kappa shape index (κ2) is 8.95. The van der Waals surface area contributed by atoms with Crippen LogP contribution in [0.5, 0.6) is 0 Å². The summed E-state index contributed by atoms with van der Waals surface area (Å²) < 4.78 is 3.57. The van der Waals surface area contributed by atoms with E-state index < -0.39 is 0 Å². The van der Waals surface area contributed by atoms with Crippen molar-refractivity contribution in [2.75, 3.05) is 0 Å². The van der Waals surface area contributed by atoms with Gasteiger partial charge in [-0.1, -0.05) is 35.5 Å². The minimum absolute atomic E-state index is 0.161. The van der Waals surface area contributed by atoms with Crippen LogP contribution in [-0.2, 0) is 6.54 Å². The molecule has 3 N–H and O–H groups in total. The molecule has 2 heterocycles. The van der Waals surface area contributed by atoms with Gasteiger partial charge in [0.2, 0.25) is 0 Å². The molecule has 0 aliphatic heterocycles. The Balaban J connectivity index is 1.43. The molecule has 1 fully saturated rings. The maximum atomic E-state index is 12.9. The van der Waals surface area contributed by atoms with Crippen LogP contribution in [-0.4, -0.2) is 41.7 Å². The van der Waals surface area contributed by atoms with Crippen LogP contribution in [0.4, 0.5) is 0 Å². The van der Waals surface area contributed by atoms with Crippen molar-refractivity contribution in [2.45, 2.75) is 56.8 Å². The fourth-order valence-corrected chi connectivity index (χ4v) is 3.77. The maximum absolute atomic E-state index is 12.9. The van der Waals surface area contributed by atoms with Crippen LogP contribution in [0.3, 0.4) is 0 Å². The molecule has 9 heteroatoms. The Labute approximate surface area is 169 Å². The van der Waals surface area contributed by atoms with Gasteiger partial charge in [0.05, 0.1) is 18.3 Å². The zero-order chi connectivity index (χ0) is 20.1. The third-order valence-corrected chi connectivity index (χ3v) is 5.48. The van der Waals surface area contributed by atoms with Gasteiger partial charge in [-0.15, -0.1) is 5.10 Å². The fourth-order valence-electron chi connectivity index (χ4n) is 3.77. The molecular formula is C20H26N8O. The van der Waals surface area contributed by atoms with Gasteiger partial charge < -0.3 is 11.1 Å². The van der Waals surface area contributed by atoms with E-state index in [9.17, 15) is 4.79 Å². The highest BCUT2D eigenvalue weighted by atomic mass is 16.2. The molecule has 0 radical (unpaired) electrons. The number of aryl methyl sites for hydroxylation is 1. The third-order valence-electron chi connectivity index (χ3n) is 5.48. The van der Waals surface area contributed by atoms with Gasteiger partial charge in [0.1, 0.15) is 12.7 Å². The topological polar surface area (TPSA) is 117 Å². The summed E-state index contributed by atoms with van der Waals surface area (Å²) in [6.45, 7) is 0.648. The Morgan fingerprint density at radius 3 is 2.72 bits per heavy atom. The van der Waals surface area contributed by atoms with Crippen LogP contribution in [0.2, 0.25) is 0 Å². The molecule has 1 aliphatic carbocycles. The van der Waals surface area contributed by atoms with Gasteiger partial charge in [-0.05, 0) is 37.7 Å². The molecule has 0 saturated heterocycles. The summed E-state index contributed by atoms with van der Waals surface area (Å²) in [6, 6.07) is 10.3. The van der Waals surface area contributed by atoms with E-state index in [1.165, 1.54) is 6.33 Å². The van der Waals surface area contributed by atoms with Gasteiger partial charge in [0.15, 0.2) is 5.69 Å². The number of nitrogens with two attached hydrogens (primary N) is 1. The minimum atomic E-state index is -0.226. The van der Waals surface area contributed by atoms with Crippen LogP contribution in [0.1, 0.15) is 60.2 Å². The summed E-state index contributed by atoms with van der Waals surface area (Å²) in [6.07, 6.45) is 9.50. The molecular weight excluding hydrogens is 368 g/mol. The summed E-state index contributed by atoms with van der Waals surface area (Å²) in [5.41, 5.74) is 7.35. The molecule has 0 unspecified atom stereocenters. The highest BCUT2D eigenvalue weighted by Gasteiger charge is 2.23. The van der Waals surface area contributed by atoms with Crippen LogP contribution >= 0.6 is 0 Å². The summed E-state index contributed by atoms with van der Waals surface area (Å²) in [5, 5.41) is 15.5. The highest BCUT2D eigenvalue weighted by Crippen LogP contribution is 2.27. The molecule has 1 amide bonds. The number of rotatable bonds is 7. The number of nitrogens with zero attached hydrogens (tertiary/aromatic N) is 6. The first-order chi connectivity index (χ1) is 14.2. The number of nitrogens with one attached hydrogen (secondary N) is 1. The number of hydrogen-bond donors (Lipinski definition) is 2. The normalized spacial score (nSPS) is 20.3. The number of aromatic nitrogens is 6. The number of carbonyl (C=O) groups excluding carboxylic acids is 1. The summed E-state index contributed by atoms with van der Waals surface area (Å²) in [7, 11) is 0. The third kappa shape index (κ3) is 4.86. The number of carbonyl (C=O) groups is 1. The molecule has 0 bridgehead atoms. The van der Waals surface area contributed by atoms with E-state index in [1.807, 2.05) is 35.0 Å². The standard InChI is InChI=1S/C20H26N8O/c21-16-6-8-17(9-7-16)28-12-19(25-26-28)20(29)24-18(15-4-2-1-3-5-15)10-11-27-14-22-13-23-27/h1-5,12-14,16-18H,6-11,21H2,(H,24,29)/t16?,17?,18-/m1/s1. The SMILES string of the molecule is NC1CCC(n2cc(C(=O)N[C@H](CCn3cncn3)c3ccccc3)nn2)CC1. The first kappa shape index (κ1) is 19.3.